The zero-order chi connectivity index (χ0) is 20.1. The SMILES string of the molecule is Cc1ccc(-c2nnn(C(C)c3nc4sc5c(c4c(=O)[nH]3)CCC(C)C5)n2)cc1. The summed E-state index contributed by atoms with van der Waals surface area (Å²) < 4.78 is 0. The van der Waals surface area contributed by atoms with Crippen LogP contribution in [0, 0.1) is 12.8 Å². The molecule has 29 heavy (non-hydrogen) atoms. The second-order valence-corrected chi connectivity index (χ2v) is 9.04. The summed E-state index contributed by atoms with van der Waals surface area (Å²) in [5.41, 5.74) is 3.21. The normalized spacial score (nSPS) is 17.4. The number of nitrogens with one attached hydrogen (secondary N) is 1. The minimum Gasteiger partial charge on any atom is -0.308 e. The Balaban J connectivity index is 1.51. The van der Waals surface area contributed by atoms with Crippen LogP contribution in [0.3, 0.4) is 0 Å². The predicted octanol–water partition coefficient (Wildman–Crippen LogP) is 3.68. The summed E-state index contributed by atoms with van der Waals surface area (Å²) in [5, 5.41) is 13.6. The molecule has 0 saturated carbocycles. The van der Waals surface area contributed by atoms with Crippen molar-refractivity contribution >= 4 is 21.6 Å². The molecule has 0 bridgehead atoms. The van der Waals surface area contributed by atoms with Crippen molar-refractivity contribution in [2.45, 2.75) is 46.1 Å². The molecule has 8 heteroatoms. The van der Waals surface area contributed by atoms with Gasteiger partial charge in [0.25, 0.3) is 5.56 Å². The summed E-state index contributed by atoms with van der Waals surface area (Å²) in [7, 11) is 0. The highest BCUT2D eigenvalue weighted by atomic mass is 32.1. The Morgan fingerprint density at radius 2 is 2.07 bits per heavy atom. The number of aryl methyl sites for hydroxylation is 2. The van der Waals surface area contributed by atoms with E-state index < -0.39 is 0 Å². The smallest absolute Gasteiger partial charge is 0.260 e. The lowest BCUT2D eigenvalue weighted by Gasteiger charge is -2.17. The van der Waals surface area contributed by atoms with Gasteiger partial charge in [0.1, 0.15) is 16.7 Å². The molecule has 1 N–H and O–H groups in total. The highest BCUT2D eigenvalue weighted by molar-refractivity contribution is 7.18. The van der Waals surface area contributed by atoms with Gasteiger partial charge >= 0.3 is 0 Å². The number of aromatic amines is 1. The van der Waals surface area contributed by atoms with Crippen LogP contribution >= 0.6 is 11.3 Å². The van der Waals surface area contributed by atoms with E-state index in [1.807, 2.05) is 38.1 Å². The van der Waals surface area contributed by atoms with Crippen LogP contribution in [0.4, 0.5) is 0 Å². The molecule has 0 saturated heterocycles. The van der Waals surface area contributed by atoms with Crippen LogP contribution in [0.25, 0.3) is 21.6 Å². The third kappa shape index (κ3) is 3.17. The van der Waals surface area contributed by atoms with Crippen molar-refractivity contribution in [2.75, 3.05) is 0 Å². The van der Waals surface area contributed by atoms with E-state index >= 15 is 0 Å². The standard InChI is InChI=1S/C21H22N6OS/c1-11-4-7-14(8-5-11)19-24-26-27(25-19)13(3)18-22-20(28)17-15-9-6-12(2)10-16(15)29-21(17)23-18/h4-5,7-8,12-13H,6,9-10H2,1-3H3,(H,22,23,28). The minimum absolute atomic E-state index is 0.0669. The summed E-state index contributed by atoms with van der Waals surface area (Å²) in [5.74, 6) is 1.77. The molecule has 2 atom stereocenters. The Hall–Kier alpha value is -2.87. The van der Waals surface area contributed by atoms with Crippen molar-refractivity contribution in [3.05, 3.63) is 56.4 Å². The summed E-state index contributed by atoms with van der Waals surface area (Å²) >= 11 is 1.65. The summed E-state index contributed by atoms with van der Waals surface area (Å²) in [4.78, 5) is 24.2. The average molecular weight is 407 g/mol. The topological polar surface area (TPSA) is 89.4 Å². The maximum atomic E-state index is 12.9. The van der Waals surface area contributed by atoms with Crippen molar-refractivity contribution < 1.29 is 0 Å². The van der Waals surface area contributed by atoms with Crippen LogP contribution < -0.4 is 5.56 Å². The average Bonchev–Trinajstić information content (AvgIpc) is 3.32. The van der Waals surface area contributed by atoms with E-state index in [1.165, 1.54) is 20.8 Å². The second kappa shape index (κ2) is 6.88. The Kier molecular flexibility index (Phi) is 4.31. The second-order valence-electron chi connectivity index (χ2n) is 7.96. The molecule has 0 amide bonds. The maximum Gasteiger partial charge on any atom is 0.260 e. The van der Waals surface area contributed by atoms with Gasteiger partial charge in [-0.15, -0.1) is 21.5 Å². The molecule has 1 aliphatic carbocycles. The van der Waals surface area contributed by atoms with Gasteiger partial charge in [-0.1, -0.05) is 36.8 Å². The summed E-state index contributed by atoms with van der Waals surface area (Å²) in [6.45, 7) is 6.22. The van der Waals surface area contributed by atoms with E-state index in [9.17, 15) is 4.79 Å². The third-order valence-corrected chi connectivity index (χ3v) is 6.81. The van der Waals surface area contributed by atoms with E-state index in [1.54, 1.807) is 11.3 Å². The molecule has 4 aromatic rings. The van der Waals surface area contributed by atoms with Gasteiger partial charge in [-0.3, -0.25) is 4.79 Å². The van der Waals surface area contributed by atoms with Crippen molar-refractivity contribution in [3.8, 4) is 11.4 Å². The first-order valence-corrected chi connectivity index (χ1v) is 10.7. The third-order valence-electron chi connectivity index (χ3n) is 5.66. The lowest BCUT2D eigenvalue weighted by atomic mass is 9.89. The molecular weight excluding hydrogens is 384 g/mol. The van der Waals surface area contributed by atoms with Crippen molar-refractivity contribution in [2.24, 2.45) is 5.92 Å². The minimum atomic E-state index is -0.322. The zero-order valence-electron chi connectivity index (χ0n) is 16.6. The molecule has 1 aromatic carbocycles. The number of fused-ring (bicyclic) bond motifs is 3. The monoisotopic (exact) mass is 406 g/mol. The maximum absolute atomic E-state index is 12.9. The van der Waals surface area contributed by atoms with Gasteiger partial charge in [-0.2, -0.15) is 4.80 Å². The molecule has 5 rings (SSSR count). The Morgan fingerprint density at radius 3 is 2.86 bits per heavy atom. The number of thiophene rings is 1. The molecule has 0 radical (unpaired) electrons. The van der Waals surface area contributed by atoms with Gasteiger partial charge in [0.15, 0.2) is 0 Å². The van der Waals surface area contributed by atoms with Crippen LogP contribution in [0.2, 0.25) is 0 Å². The predicted molar refractivity (Wildman–Crippen MR) is 113 cm³/mol. The van der Waals surface area contributed by atoms with Crippen LogP contribution in [0.5, 0.6) is 0 Å². The summed E-state index contributed by atoms with van der Waals surface area (Å²) in [6.07, 6.45) is 3.12. The number of rotatable bonds is 3. The number of benzene rings is 1. The van der Waals surface area contributed by atoms with Gasteiger partial charge in [-0.05, 0) is 49.8 Å². The van der Waals surface area contributed by atoms with E-state index in [0.717, 1.165) is 35.0 Å². The van der Waals surface area contributed by atoms with Crippen LogP contribution in [0.15, 0.2) is 29.1 Å². The molecule has 3 aromatic heterocycles. The highest BCUT2D eigenvalue weighted by Crippen LogP contribution is 2.35. The molecule has 0 fully saturated rings. The number of tetrazole rings is 1. The van der Waals surface area contributed by atoms with Crippen molar-refractivity contribution in [1.29, 1.82) is 0 Å². The Bertz CT molecular complexity index is 1250. The van der Waals surface area contributed by atoms with Crippen LogP contribution in [-0.4, -0.2) is 30.2 Å². The fourth-order valence-corrected chi connectivity index (χ4v) is 5.27. The zero-order valence-corrected chi connectivity index (χ0v) is 17.5. The number of hydrogen-bond donors (Lipinski definition) is 1. The number of H-pyrrole nitrogens is 1. The van der Waals surface area contributed by atoms with Crippen molar-refractivity contribution in [1.82, 2.24) is 30.2 Å². The molecule has 148 valence electrons. The molecule has 0 aliphatic heterocycles. The Morgan fingerprint density at radius 1 is 1.28 bits per heavy atom. The Labute approximate surface area is 171 Å². The van der Waals surface area contributed by atoms with E-state index in [0.29, 0.717) is 17.6 Å². The first-order chi connectivity index (χ1) is 14.0. The molecule has 3 heterocycles. The van der Waals surface area contributed by atoms with Crippen LogP contribution in [0.1, 0.15) is 48.1 Å². The lowest BCUT2D eigenvalue weighted by molar-refractivity contribution is 0.462. The van der Waals surface area contributed by atoms with Crippen molar-refractivity contribution in [3.63, 3.8) is 0 Å². The van der Waals surface area contributed by atoms with Gasteiger partial charge in [0.2, 0.25) is 5.82 Å². The van der Waals surface area contributed by atoms with Gasteiger partial charge < -0.3 is 4.98 Å². The molecule has 7 nitrogen and oxygen atoms in total. The van der Waals surface area contributed by atoms with E-state index in [-0.39, 0.29) is 11.6 Å². The lowest BCUT2D eigenvalue weighted by Crippen LogP contribution is -2.19. The van der Waals surface area contributed by atoms with Gasteiger partial charge in [0.05, 0.1) is 5.39 Å². The number of nitrogens with zero attached hydrogens (tertiary/aromatic N) is 5. The van der Waals surface area contributed by atoms with Gasteiger partial charge in [-0.25, -0.2) is 4.98 Å². The largest absolute Gasteiger partial charge is 0.308 e. The quantitative estimate of drug-likeness (QED) is 0.561. The fourth-order valence-electron chi connectivity index (χ4n) is 3.88. The van der Waals surface area contributed by atoms with Gasteiger partial charge in [0, 0.05) is 10.4 Å². The first kappa shape index (κ1) is 18.2. The van der Waals surface area contributed by atoms with E-state index in [4.69, 9.17) is 4.98 Å². The number of aromatic nitrogens is 6. The molecular formula is C21H22N6OS. The fraction of sp³-hybridized carbons (Fsp3) is 0.381. The summed E-state index contributed by atoms with van der Waals surface area (Å²) in [6, 6.07) is 7.67. The first-order valence-electron chi connectivity index (χ1n) is 9.90. The molecule has 1 aliphatic rings. The van der Waals surface area contributed by atoms with E-state index in [2.05, 4.69) is 27.3 Å². The number of hydrogen-bond acceptors (Lipinski definition) is 6. The van der Waals surface area contributed by atoms with Crippen LogP contribution in [-0.2, 0) is 12.8 Å². The highest BCUT2D eigenvalue weighted by Gasteiger charge is 2.24. The molecule has 2 unspecified atom stereocenters. The molecule has 0 spiro atoms.